The van der Waals surface area contributed by atoms with Crippen molar-refractivity contribution >= 4 is 0 Å². The van der Waals surface area contributed by atoms with E-state index in [0.29, 0.717) is 12.1 Å². The maximum absolute atomic E-state index is 12.4. The molecule has 2 atom stereocenters. The molecule has 0 bridgehead atoms. The van der Waals surface area contributed by atoms with Gasteiger partial charge in [0.2, 0.25) is 0 Å². The predicted molar refractivity (Wildman–Crippen MR) is 70.1 cm³/mol. The van der Waals surface area contributed by atoms with Crippen molar-refractivity contribution in [1.29, 1.82) is 0 Å². The van der Waals surface area contributed by atoms with Crippen molar-refractivity contribution in [2.75, 3.05) is 13.1 Å². The first-order valence-electron chi connectivity index (χ1n) is 6.46. The highest BCUT2D eigenvalue weighted by Gasteiger charge is 2.30. The summed E-state index contributed by atoms with van der Waals surface area (Å²) in [7, 11) is 0. The van der Waals surface area contributed by atoms with Crippen LogP contribution in [0, 0.1) is 5.92 Å². The Morgan fingerprint density at radius 3 is 2.05 bits per heavy atom. The third kappa shape index (κ3) is 5.11. The molecule has 1 rings (SSSR count). The first kappa shape index (κ1) is 16.9. The third-order valence-corrected chi connectivity index (χ3v) is 3.08. The van der Waals surface area contributed by atoms with Crippen molar-refractivity contribution in [2.45, 2.75) is 32.2 Å². The average molecular weight is 291 g/mol. The maximum atomic E-state index is 12.4. The summed E-state index contributed by atoms with van der Waals surface area (Å²) in [5.41, 5.74) is -0.332. The molecule has 0 aromatic heterocycles. The molecule has 0 fully saturated rings. The summed E-state index contributed by atoms with van der Waals surface area (Å²) in [5.74, 6) is 0.103. The van der Waals surface area contributed by atoms with Gasteiger partial charge in [-0.2, -0.15) is 13.2 Å². The van der Waals surface area contributed by atoms with Gasteiger partial charge in [-0.05, 0) is 23.6 Å². The molecule has 0 amide bonds. The molecule has 0 heterocycles. The zero-order chi connectivity index (χ0) is 15.3. The Labute approximate surface area is 116 Å². The molecule has 0 saturated carbocycles. The molecule has 3 nitrogen and oxygen atoms in total. The van der Waals surface area contributed by atoms with Gasteiger partial charge in [-0.25, -0.2) is 0 Å². The minimum Gasteiger partial charge on any atom is -0.392 e. The second-order valence-electron chi connectivity index (χ2n) is 5.11. The standard InChI is InChI=1S/C14H20F3NO2/c1-9(2)12(19)7-18-8-13(20)10-3-5-11(6-4-10)14(15,16)17/h3-6,9,12-13,18-20H,7-8H2,1-2H3. The fourth-order valence-corrected chi connectivity index (χ4v) is 1.62. The molecule has 3 N–H and O–H groups in total. The van der Waals surface area contributed by atoms with Crippen LogP contribution < -0.4 is 5.32 Å². The molecule has 114 valence electrons. The second-order valence-corrected chi connectivity index (χ2v) is 5.11. The van der Waals surface area contributed by atoms with E-state index in [1.165, 1.54) is 12.1 Å². The van der Waals surface area contributed by atoms with Gasteiger partial charge < -0.3 is 15.5 Å². The number of hydrogen-bond acceptors (Lipinski definition) is 3. The van der Waals surface area contributed by atoms with Gasteiger partial charge in [0.05, 0.1) is 17.8 Å². The van der Waals surface area contributed by atoms with Gasteiger partial charge in [0, 0.05) is 13.1 Å². The summed E-state index contributed by atoms with van der Waals surface area (Å²) in [6.07, 6.45) is -5.80. The Balaban J connectivity index is 2.50. The number of aliphatic hydroxyl groups is 2. The Hall–Kier alpha value is -1.11. The molecular formula is C14H20F3NO2. The van der Waals surface area contributed by atoms with Crippen LogP contribution in [-0.4, -0.2) is 29.4 Å². The normalized spacial score (nSPS) is 15.4. The van der Waals surface area contributed by atoms with Gasteiger partial charge in [0.15, 0.2) is 0 Å². The number of hydrogen-bond donors (Lipinski definition) is 3. The lowest BCUT2D eigenvalue weighted by Gasteiger charge is -2.17. The van der Waals surface area contributed by atoms with Gasteiger partial charge in [0.25, 0.3) is 0 Å². The molecule has 0 spiro atoms. The van der Waals surface area contributed by atoms with E-state index in [1.54, 1.807) is 0 Å². The van der Waals surface area contributed by atoms with Crippen LogP contribution in [0.1, 0.15) is 31.1 Å². The van der Waals surface area contributed by atoms with E-state index < -0.39 is 23.9 Å². The zero-order valence-electron chi connectivity index (χ0n) is 11.5. The quantitative estimate of drug-likeness (QED) is 0.754. The fraction of sp³-hybridized carbons (Fsp3) is 0.571. The predicted octanol–water partition coefficient (Wildman–Crippen LogP) is 2.35. The van der Waals surface area contributed by atoms with Crippen LogP contribution in [-0.2, 0) is 6.18 Å². The van der Waals surface area contributed by atoms with Gasteiger partial charge in [-0.3, -0.25) is 0 Å². The molecule has 6 heteroatoms. The highest BCUT2D eigenvalue weighted by Crippen LogP contribution is 2.29. The molecule has 1 aromatic carbocycles. The molecule has 0 aliphatic carbocycles. The lowest BCUT2D eigenvalue weighted by Crippen LogP contribution is -2.33. The topological polar surface area (TPSA) is 52.5 Å². The van der Waals surface area contributed by atoms with E-state index in [4.69, 9.17) is 0 Å². The Morgan fingerprint density at radius 2 is 1.60 bits per heavy atom. The number of benzene rings is 1. The average Bonchev–Trinajstić information content (AvgIpc) is 2.37. The molecule has 0 aliphatic heterocycles. The monoisotopic (exact) mass is 291 g/mol. The Morgan fingerprint density at radius 1 is 1.05 bits per heavy atom. The Kier molecular flexibility index (Phi) is 5.98. The lowest BCUT2D eigenvalue weighted by molar-refractivity contribution is -0.137. The van der Waals surface area contributed by atoms with Crippen LogP contribution in [0.4, 0.5) is 13.2 Å². The third-order valence-electron chi connectivity index (χ3n) is 3.08. The summed E-state index contributed by atoms with van der Waals surface area (Å²) in [5, 5.41) is 22.3. The van der Waals surface area contributed by atoms with Crippen LogP contribution in [0.3, 0.4) is 0 Å². The van der Waals surface area contributed by atoms with Crippen LogP contribution in [0.2, 0.25) is 0 Å². The highest BCUT2D eigenvalue weighted by molar-refractivity contribution is 5.26. The number of aliphatic hydroxyl groups excluding tert-OH is 2. The minimum atomic E-state index is -4.37. The number of rotatable bonds is 6. The van der Waals surface area contributed by atoms with E-state index in [0.717, 1.165) is 12.1 Å². The van der Waals surface area contributed by atoms with Gasteiger partial charge in [-0.1, -0.05) is 26.0 Å². The van der Waals surface area contributed by atoms with Crippen LogP contribution in [0.25, 0.3) is 0 Å². The first-order chi connectivity index (χ1) is 9.21. The number of alkyl halides is 3. The molecule has 1 aromatic rings. The minimum absolute atomic E-state index is 0.103. The molecular weight excluding hydrogens is 271 g/mol. The van der Waals surface area contributed by atoms with Crippen molar-refractivity contribution in [2.24, 2.45) is 5.92 Å². The number of halogens is 3. The van der Waals surface area contributed by atoms with E-state index in [2.05, 4.69) is 5.32 Å². The van der Waals surface area contributed by atoms with Crippen molar-refractivity contribution in [3.8, 4) is 0 Å². The van der Waals surface area contributed by atoms with E-state index >= 15 is 0 Å². The van der Waals surface area contributed by atoms with Crippen LogP contribution in [0.15, 0.2) is 24.3 Å². The lowest BCUT2D eigenvalue weighted by atomic mass is 10.1. The fourth-order valence-electron chi connectivity index (χ4n) is 1.62. The Bertz CT molecular complexity index is 404. The smallest absolute Gasteiger partial charge is 0.392 e. The first-order valence-corrected chi connectivity index (χ1v) is 6.46. The van der Waals surface area contributed by atoms with Crippen LogP contribution >= 0.6 is 0 Å². The maximum Gasteiger partial charge on any atom is 0.416 e. The van der Waals surface area contributed by atoms with Crippen molar-refractivity contribution < 1.29 is 23.4 Å². The molecule has 2 unspecified atom stereocenters. The van der Waals surface area contributed by atoms with Gasteiger partial charge in [-0.15, -0.1) is 0 Å². The molecule has 0 aliphatic rings. The van der Waals surface area contributed by atoms with E-state index in [9.17, 15) is 23.4 Å². The van der Waals surface area contributed by atoms with Gasteiger partial charge in [0.1, 0.15) is 0 Å². The molecule has 0 radical (unpaired) electrons. The van der Waals surface area contributed by atoms with E-state index in [1.807, 2.05) is 13.8 Å². The number of nitrogens with one attached hydrogen (secondary N) is 1. The summed E-state index contributed by atoms with van der Waals surface area (Å²) in [6, 6.07) is 4.41. The summed E-state index contributed by atoms with van der Waals surface area (Å²) in [4.78, 5) is 0. The largest absolute Gasteiger partial charge is 0.416 e. The van der Waals surface area contributed by atoms with E-state index in [-0.39, 0.29) is 12.5 Å². The summed E-state index contributed by atoms with van der Waals surface area (Å²) >= 11 is 0. The second kappa shape index (κ2) is 7.06. The molecule has 20 heavy (non-hydrogen) atoms. The summed E-state index contributed by atoms with van der Waals surface area (Å²) in [6.45, 7) is 4.25. The summed E-state index contributed by atoms with van der Waals surface area (Å²) < 4.78 is 37.2. The van der Waals surface area contributed by atoms with Gasteiger partial charge >= 0.3 is 6.18 Å². The molecule has 0 saturated heterocycles. The van der Waals surface area contributed by atoms with Crippen molar-refractivity contribution in [3.05, 3.63) is 35.4 Å². The van der Waals surface area contributed by atoms with Crippen molar-refractivity contribution in [1.82, 2.24) is 5.32 Å². The zero-order valence-corrected chi connectivity index (χ0v) is 11.5. The van der Waals surface area contributed by atoms with Crippen LogP contribution in [0.5, 0.6) is 0 Å². The highest BCUT2D eigenvalue weighted by atomic mass is 19.4. The van der Waals surface area contributed by atoms with Crippen molar-refractivity contribution in [3.63, 3.8) is 0 Å². The SMILES string of the molecule is CC(C)C(O)CNCC(O)c1ccc(C(F)(F)F)cc1.